The van der Waals surface area contributed by atoms with Crippen LogP contribution in [0.4, 0.5) is 5.82 Å². The van der Waals surface area contributed by atoms with Gasteiger partial charge < -0.3 is 20.5 Å². The molecule has 2 atom stereocenters. The van der Waals surface area contributed by atoms with Crippen LogP contribution in [0.15, 0.2) is 18.3 Å². The number of carbonyl (C=O) groups is 3. The highest BCUT2D eigenvalue weighted by atomic mass is 16.5. The summed E-state index contributed by atoms with van der Waals surface area (Å²) in [7, 11) is 0. The third-order valence-electron chi connectivity index (χ3n) is 4.77. The van der Waals surface area contributed by atoms with Gasteiger partial charge in [-0.1, -0.05) is 27.2 Å². The summed E-state index contributed by atoms with van der Waals surface area (Å²) in [5.74, 6) is -1.44. The summed E-state index contributed by atoms with van der Waals surface area (Å²) in [5.41, 5.74) is 1.59. The summed E-state index contributed by atoms with van der Waals surface area (Å²) in [5, 5.41) is 15.0. The maximum atomic E-state index is 12.6. The number of carbonyl (C=O) groups excluding carboxylic acids is 2. The number of carboxylic acids is 1. The standard InChI is InChI=1S/C20H28N4O5/c1-5-12(4)17(20(27)28)23-19(26)13-8-9-24-15(10-13)22-14(6-2)18(24)21-11-16(25)29-7-3/h8-10,12,17,21H,5-7,11H2,1-4H3,(H,23,26)(H,27,28). The van der Waals surface area contributed by atoms with E-state index in [1.165, 1.54) is 0 Å². The molecule has 2 rings (SSSR count). The van der Waals surface area contributed by atoms with Gasteiger partial charge in [0, 0.05) is 11.8 Å². The van der Waals surface area contributed by atoms with Crippen molar-refractivity contribution in [2.24, 2.45) is 5.92 Å². The third kappa shape index (κ3) is 5.24. The number of nitrogens with one attached hydrogen (secondary N) is 2. The number of aliphatic carboxylic acids is 1. The Labute approximate surface area is 169 Å². The van der Waals surface area contributed by atoms with Crippen LogP contribution in [-0.2, 0) is 20.7 Å². The predicted molar refractivity (Wildman–Crippen MR) is 108 cm³/mol. The molecule has 0 aliphatic heterocycles. The summed E-state index contributed by atoms with van der Waals surface area (Å²) < 4.78 is 6.68. The molecule has 2 heterocycles. The largest absolute Gasteiger partial charge is 0.480 e. The van der Waals surface area contributed by atoms with Crippen molar-refractivity contribution in [2.75, 3.05) is 18.5 Å². The topological polar surface area (TPSA) is 122 Å². The van der Waals surface area contributed by atoms with E-state index in [-0.39, 0.29) is 18.4 Å². The maximum absolute atomic E-state index is 12.6. The Morgan fingerprint density at radius 2 is 2.00 bits per heavy atom. The van der Waals surface area contributed by atoms with Gasteiger partial charge in [-0.3, -0.25) is 14.0 Å². The number of anilines is 1. The van der Waals surface area contributed by atoms with Crippen LogP contribution in [0.1, 0.15) is 50.2 Å². The molecule has 0 radical (unpaired) electrons. The summed E-state index contributed by atoms with van der Waals surface area (Å²) in [4.78, 5) is 40.2. The van der Waals surface area contributed by atoms with Crippen molar-refractivity contribution in [2.45, 2.75) is 46.6 Å². The number of imidazole rings is 1. The van der Waals surface area contributed by atoms with E-state index in [2.05, 4.69) is 15.6 Å². The first-order valence-corrected chi connectivity index (χ1v) is 9.76. The Balaban J connectivity index is 2.26. The molecule has 2 unspecified atom stereocenters. The van der Waals surface area contributed by atoms with Gasteiger partial charge in [0.25, 0.3) is 5.91 Å². The van der Waals surface area contributed by atoms with Gasteiger partial charge >= 0.3 is 11.9 Å². The van der Waals surface area contributed by atoms with Gasteiger partial charge in [0.05, 0.1) is 12.3 Å². The number of rotatable bonds is 10. The molecule has 1 amide bonds. The average Bonchev–Trinajstić information content (AvgIpc) is 3.06. The number of carboxylic acid groups (broad SMARTS) is 1. The quantitative estimate of drug-likeness (QED) is 0.518. The van der Waals surface area contributed by atoms with E-state index in [0.29, 0.717) is 36.5 Å². The second kappa shape index (κ2) is 9.90. The van der Waals surface area contributed by atoms with E-state index in [4.69, 9.17) is 4.74 Å². The fourth-order valence-electron chi connectivity index (χ4n) is 2.94. The number of aromatic nitrogens is 2. The van der Waals surface area contributed by atoms with Gasteiger partial charge in [0.15, 0.2) is 0 Å². The zero-order chi connectivity index (χ0) is 21.6. The van der Waals surface area contributed by atoms with Crippen molar-refractivity contribution in [1.82, 2.24) is 14.7 Å². The number of nitrogens with zero attached hydrogens (tertiary/aromatic N) is 2. The van der Waals surface area contributed by atoms with Crippen molar-refractivity contribution < 1.29 is 24.2 Å². The number of ether oxygens (including phenoxy) is 1. The van der Waals surface area contributed by atoms with E-state index >= 15 is 0 Å². The number of aryl methyl sites for hydroxylation is 1. The number of hydrogen-bond acceptors (Lipinski definition) is 6. The lowest BCUT2D eigenvalue weighted by Crippen LogP contribution is -2.45. The van der Waals surface area contributed by atoms with Gasteiger partial charge in [-0.15, -0.1) is 0 Å². The minimum atomic E-state index is -1.06. The molecule has 158 valence electrons. The molecule has 29 heavy (non-hydrogen) atoms. The Bertz CT molecular complexity index is 892. The molecule has 0 spiro atoms. The van der Waals surface area contributed by atoms with Crippen molar-refractivity contribution in [3.05, 3.63) is 29.6 Å². The predicted octanol–water partition coefficient (Wildman–Crippen LogP) is 2.10. The normalized spacial score (nSPS) is 13.0. The molecule has 0 aliphatic carbocycles. The van der Waals surface area contributed by atoms with E-state index < -0.39 is 17.9 Å². The smallest absolute Gasteiger partial charge is 0.326 e. The number of hydrogen-bond donors (Lipinski definition) is 3. The molecule has 2 aromatic heterocycles. The van der Waals surface area contributed by atoms with Gasteiger partial charge in [-0.05, 0) is 31.4 Å². The van der Waals surface area contributed by atoms with Crippen LogP contribution in [-0.4, -0.2) is 51.5 Å². The molecule has 0 saturated heterocycles. The van der Waals surface area contributed by atoms with Crippen molar-refractivity contribution in [3.8, 4) is 0 Å². The lowest BCUT2D eigenvalue weighted by molar-refractivity contribution is -0.141. The van der Waals surface area contributed by atoms with Crippen molar-refractivity contribution in [3.63, 3.8) is 0 Å². The first-order valence-electron chi connectivity index (χ1n) is 9.76. The number of fused-ring (bicyclic) bond motifs is 1. The van der Waals surface area contributed by atoms with Crippen LogP contribution in [0.25, 0.3) is 5.65 Å². The van der Waals surface area contributed by atoms with Crippen LogP contribution in [0, 0.1) is 5.92 Å². The average molecular weight is 404 g/mol. The number of pyridine rings is 1. The summed E-state index contributed by atoms with van der Waals surface area (Å²) in [6, 6.07) is 2.23. The summed E-state index contributed by atoms with van der Waals surface area (Å²) in [6.45, 7) is 7.65. The number of amides is 1. The van der Waals surface area contributed by atoms with E-state index in [1.807, 2.05) is 13.8 Å². The monoisotopic (exact) mass is 404 g/mol. The molecule has 2 aromatic rings. The number of esters is 1. The second-order valence-electron chi connectivity index (χ2n) is 6.74. The van der Waals surface area contributed by atoms with Crippen molar-refractivity contribution >= 4 is 29.3 Å². The Morgan fingerprint density at radius 1 is 1.28 bits per heavy atom. The highest BCUT2D eigenvalue weighted by molar-refractivity contribution is 5.97. The van der Waals surface area contributed by atoms with E-state index in [0.717, 1.165) is 5.69 Å². The first-order chi connectivity index (χ1) is 13.8. The lowest BCUT2D eigenvalue weighted by Gasteiger charge is -2.20. The molecule has 9 heteroatoms. The molecule has 0 aromatic carbocycles. The summed E-state index contributed by atoms with van der Waals surface area (Å²) >= 11 is 0. The zero-order valence-corrected chi connectivity index (χ0v) is 17.2. The molecule has 0 fully saturated rings. The second-order valence-corrected chi connectivity index (χ2v) is 6.74. The van der Waals surface area contributed by atoms with Gasteiger partial charge in [-0.25, -0.2) is 9.78 Å². The lowest BCUT2D eigenvalue weighted by atomic mass is 9.99. The Morgan fingerprint density at radius 3 is 2.59 bits per heavy atom. The molecule has 3 N–H and O–H groups in total. The van der Waals surface area contributed by atoms with Gasteiger partial charge in [-0.2, -0.15) is 0 Å². The highest BCUT2D eigenvalue weighted by Crippen LogP contribution is 2.20. The minimum Gasteiger partial charge on any atom is -0.480 e. The summed E-state index contributed by atoms with van der Waals surface area (Å²) in [6.07, 6.45) is 2.93. The zero-order valence-electron chi connectivity index (χ0n) is 17.2. The van der Waals surface area contributed by atoms with Crippen LogP contribution in [0.5, 0.6) is 0 Å². The van der Waals surface area contributed by atoms with E-state index in [1.54, 1.807) is 36.6 Å². The SMILES string of the molecule is CCOC(=O)CNc1c(CC)nc2cc(C(=O)NC(C(=O)O)C(C)CC)ccn12. The van der Waals surface area contributed by atoms with Gasteiger partial charge in [0.2, 0.25) is 0 Å². The molecule has 0 bridgehead atoms. The molecule has 0 saturated carbocycles. The van der Waals surface area contributed by atoms with E-state index in [9.17, 15) is 19.5 Å². The molecular weight excluding hydrogens is 376 g/mol. The van der Waals surface area contributed by atoms with Gasteiger partial charge in [0.1, 0.15) is 24.1 Å². The first kappa shape index (κ1) is 22.2. The minimum absolute atomic E-state index is 0.00602. The van der Waals surface area contributed by atoms with Crippen LogP contribution < -0.4 is 10.6 Å². The van der Waals surface area contributed by atoms with Crippen LogP contribution in [0.2, 0.25) is 0 Å². The van der Waals surface area contributed by atoms with Crippen LogP contribution in [0.3, 0.4) is 0 Å². The fraction of sp³-hybridized carbons (Fsp3) is 0.500. The molecule has 9 nitrogen and oxygen atoms in total. The molecule has 0 aliphatic rings. The fourth-order valence-corrected chi connectivity index (χ4v) is 2.94. The Hall–Kier alpha value is -3.10. The molecular formula is C20H28N4O5. The maximum Gasteiger partial charge on any atom is 0.326 e. The highest BCUT2D eigenvalue weighted by Gasteiger charge is 2.26. The third-order valence-corrected chi connectivity index (χ3v) is 4.77. The van der Waals surface area contributed by atoms with Crippen LogP contribution >= 0.6 is 0 Å². The Kier molecular flexibility index (Phi) is 7.58. The van der Waals surface area contributed by atoms with Crippen molar-refractivity contribution in [1.29, 1.82) is 0 Å².